The van der Waals surface area contributed by atoms with E-state index in [9.17, 15) is 39.0 Å². The maximum atomic E-state index is 15.1. The van der Waals surface area contributed by atoms with Crippen molar-refractivity contribution in [1.29, 1.82) is 0 Å². The van der Waals surface area contributed by atoms with Crippen LogP contribution in [0.2, 0.25) is 0 Å². The summed E-state index contributed by atoms with van der Waals surface area (Å²) < 4.78 is 47.5. The summed E-state index contributed by atoms with van der Waals surface area (Å²) >= 11 is 0. The Hall–Kier alpha value is -5.93. The van der Waals surface area contributed by atoms with Crippen LogP contribution in [-0.2, 0) is 61.9 Å². The number of hydrogen-bond donors (Lipinski definition) is 5. The van der Waals surface area contributed by atoms with Gasteiger partial charge in [0.1, 0.15) is 41.7 Å². The van der Waals surface area contributed by atoms with Crippen LogP contribution in [0, 0.1) is 22.7 Å². The number of alkyl carbamates (subject to hydrolysis) is 1. The minimum Gasteiger partial charge on any atom is -0.455 e. The Labute approximate surface area is 404 Å². The molecule has 5 N–H and O–H groups in total. The van der Waals surface area contributed by atoms with Gasteiger partial charge in [0.25, 0.3) is 0 Å². The molecule has 0 aromatic heterocycles. The number of carbonyl (C=O) groups is 7. The van der Waals surface area contributed by atoms with Crippen LogP contribution >= 0.6 is 0 Å². The van der Waals surface area contributed by atoms with Crippen molar-refractivity contribution in [3.63, 3.8) is 0 Å². The SMILES string of the molecule is CC(=O)O[C@@H]1C2=C(C)[C@@H](OC(=O)[C@H](OC(=O)COC(=O)CCNO)[C@@H](NC(=O)OC(C)(C)C)c3ccccc3)C[C@@](O)([C@@H](OC(=O)c3ccccc3)[C@@H]3[C@]4(OC(C)=O)CO[C@@H]4C[C@@H]4C[C@@]43C1O)C2(C)C. The molecule has 1 unspecified atom stereocenters. The summed E-state index contributed by atoms with van der Waals surface area (Å²) in [6.45, 7) is 10.6. The number of amides is 1. The molecule has 1 spiro atoms. The van der Waals surface area contributed by atoms with Gasteiger partial charge in [0.2, 0.25) is 6.10 Å². The van der Waals surface area contributed by atoms with Gasteiger partial charge in [-0.15, -0.1) is 0 Å². The highest BCUT2D eigenvalue weighted by Crippen LogP contribution is 2.75. The van der Waals surface area contributed by atoms with E-state index in [-0.39, 0.29) is 54.2 Å². The topological polar surface area (TPSA) is 278 Å². The molecule has 0 radical (unpaired) electrons. The smallest absolute Gasteiger partial charge is 0.408 e. The summed E-state index contributed by atoms with van der Waals surface area (Å²) in [5, 5.41) is 38.4. The van der Waals surface area contributed by atoms with E-state index in [1.165, 1.54) is 31.2 Å². The zero-order valence-corrected chi connectivity index (χ0v) is 40.4. The Morgan fingerprint density at radius 3 is 2.13 bits per heavy atom. The standard InChI is InChI=1S/C50H62N2O18/c1-26-32(66-44(59)39(67-35(56)24-63-34(55)19-20-51-62)37(29-15-11-9-12-16-29)52-45(60)70-46(4,5)6)23-50(61)42(68-43(58)30-17-13-10-14-18-30)40-48(41(57)38(65-27(2)53)36(26)47(50,7)8)22-31(48)21-33-49(40,25-64-33)69-28(3)54/h9-18,31-33,37-42,51,57,61-62H,19-25H2,1-8H3,(H,52,60)/t31-,32+,33-,37+,38-,39-,40+,41?,42+,48-,49+,50-/m1/s1. The molecule has 2 aromatic rings. The van der Waals surface area contributed by atoms with E-state index >= 15 is 4.79 Å². The number of aliphatic hydroxyl groups is 2. The average molecular weight is 979 g/mol. The molecular weight excluding hydrogens is 917 g/mol. The summed E-state index contributed by atoms with van der Waals surface area (Å²) in [5.41, 5.74) is -5.33. The second-order valence-corrected chi connectivity index (χ2v) is 20.3. The van der Waals surface area contributed by atoms with E-state index in [1.807, 2.05) is 0 Å². The van der Waals surface area contributed by atoms with Crippen LogP contribution in [-0.4, -0.2) is 131 Å². The number of esters is 6. The van der Waals surface area contributed by atoms with Crippen molar-refractivity contribution in [2.45, 2.75) is 141 Å². The fourth-order valence-electron chi connectivity index (χ4n) is 11.3. The van der Waals surface area contributed by atoms with Gasteiger partial charge < -0.3 is 58.6 Å². The summed E-state index contributed by atoms with van der Waals surface area (Å²) in [7, 11) is 0. The minimum atomic E-state index is -2.33. The van der Waals surface area contributed by atoms with Crippen molar-refractivity contribution in [3.05, 3.63) is 82.9 Å². The Morgan fingerprint density at radius 2 is 1.54 bits per heavy atom. The van der Waals surface area contributed by atoms with E-state index in [2.05, 4.69) is 5.32 Å². The van der Waals surface area contributed by atoms with Crippen LogP contribution in [0.4, 0.5) is 4.79 Å². The average Bonchev–Trinajstić information content (AvgIpc) is 4.02. The quantitative estimate of drug-likeness (QED) is 0.0736. The van der Waals surface area contributed by atoms with E-state index in [0.717, 1.165) is 6.92 Å². The summed E-state index contributed by atoms with van der Waals surface area (Å²) in [6.07, 6.45) is -10.4. The molecule has 2 aromatic carbocycles. The first-order valence-corrected chi connectivity index (χ1v) is 23.2. The lowest BCUT2D eigenvalue weighted by molar-refractivity contribution is -0.335. The van der Waals surface area contributed by atoms with Gasteiger partial charge in [-0.2, -0.15) is 0 Å². The maximum Gasteiger partial charge on any atom is 0.408 e. The molecule has 3 saturated carbocycles. The molecule has 1 saturated heterocycles. The van der Waals surface area contributed by atoms with Crippen LogP contribution in [0.1, 0.15) is 103 Å². The molecule has 70 heavy (non-hydrogen) atoms. The molecule has 7 rings (SSSR count). The van der Waals surface area contributed by atoms with Crippen LogP contribution in [0.3, 0.4) is 0 Å². The first-order valence-electron chi connectivity index (χ1n) is 23.2. The number of benzene rings is 2. The molecule has 4 fully saturated rings. The Bertz CT molecular complexity index is 2390. The second kappa shape index (κ2) is 19.7. The molecule has 2 bridgehead atoms. The Balaban J connectivity index is 1.38. The summed E-state index contributed by atoms with van der Waals surface area (Å²) in [6, 6.07) is 14.4. The van der Waals surface area contributed by atoms with Crippen molar-refractivity contribution in [1.82, 2.24) is 10.8 Å². The van der Waals surface area contributed by atoms with E-state index in [0.29, 0.717) is 6.42 Å². The first kappa shape index (κ1) is 51.9. The molecule has 1 heterocycles. The highest BCUT2D eigenvalue weighted by Gasteiger charge is 2.84. The zero-order chi connectivity index (χ0) is 51.1. The summed E-state index contributed by atoms with van der Waals surface area (Å²) in [4.78, 5) is 95.2. The van der Waals surface area contributed by atoms with Gasteiger partial charge in [-0.25, -0.2) is 24.7 Å². The van der Waals surface area contributed by atoms with E-state index < -0.39 is 131 Å². The molecule has 4 aliphatic carbocycles. The second-order valence-electron chi connectivity index (χ2n) is 20.3. The maximum absolute atomic E-state index is 15.1. The van der Waals surface area contributed by atoms with Crippen LogP contribution < -0.4 is 10.8 Å². The molecule has 380 valence electrons. The molecule has 20 heteroatoms. The van der Waals surface area contributed by atoms with E-state index in [4.69, 9.17) is 43.1 Å². The molecule has 5 aliphatic rings. The van der Waals surface area contributed by atoms with Crippen LogP contribution in [0.5, 0.6) is 0 Å². The lowest BCUT2D eigenvalue weighted by atomic mass is 9.48. The lowest BCUT2D eigenvalue weighted by Gasteiger charge is -2.65. The molecule has 1 amide bonds. The van der Waals surface area contributed by atoms with Gasteiger partial charge in [0, 0.05) is 37.6 Å². The summed E-state index contributed by atoms with van der Waals surface area (Å²) in [5.74, 6) is -7.35. The Morgan fingerprint density at radius 1 is 0.886 bits per heavy atom. The first-order chi connectivity index (χ1) is 32.9. The van der Waals surface area contributed by atoms with Crippen molar-refractivity contribution >= 4 is 41.9 Å². The fraction of sp³-hybridized carbons (Fsp3) is 0.580. The third-order valence-electron chi connectivity index (χ3n) is 14.5. The van der Waals surface area contributed by atoms with E-state index in [1.54, 1.807) is 83.4 Å². The zero-order valence-electron chi connectivity index (χ0n) is 40.4. The van der Waals surface area contributed by atoms with Crippen LogP contribution in [0.15, 0.2) is 71.8 Å². The normalized spacial score (nSPS) is 31.1. The highest BCUT2D eigenvalue weighted by atomic mass is 16.6. The van der Waals surface area contributed by atoms with Crippen molar-refractivity contribution in [2.24, 2.45) is 22.7 Å². The number of hydrogen-bond acceptors (Lipinski definition) is 19. The molecule has 20 nitrogen and oxygen atoms in total. The number of aliphatic hydroxyl groups excluding tert-OH is 1. The van der Waals surface area contributed by atoms with Gasteiger partial charge in [-0.05, 0) is 75.3 Å². The molecule has 12 atom stereocenters. The van der Waals surface area contributed by atoms with Gasteiger partial charge in [0.05, 0.1) is 24.5 Å². The Kier molecular flexibility index (Phi) is 14.6. The van der Waals surface area contributed by atoms with Crippen molar-refractivity contribution < 1.29 is 86.9 Å². The number of hydroxylamine groups is 1. The number of rotatable bonds is 15. The lowest BCUT2D eigenvalue weighted by Crippen LogP contribution is -2.78. The predicted octanol–water partition coefficient (Wildman–Crippen LogP) is 3.72. The fourth-order valence-corrected chi connectivity index (χ4v) is 11.3. The minimum absolute atomic E-state index is 0.111. The third-order valence-corrected chi connectivity index (χ3v) is 14.5. The number of ether oxygens (including phenoxy) is 8. The predicted molar refractivity (Wildman–Crippen MR) is 240 cm³/mol. The molecular formula is C50H62N2O18. The van der Waals surface area contributed by atoms with Gasteiger partial charge in [-0.3, -0.25) is 14.4 Å². The monoisotopic (exact) mass is 978 g/mol. The number of fused-ring (bicyclic) bond motifs is 4. The van der Waals surface area contributed by atoms with Crippen molar-refractivity contribution in [2.75, 3.05) is 19.8 Å². The van der Waals surface area contributed by atoms with Crippen LogP contribution in [0.25, 0.3) is 0 Å². The third kappa shape index (κ3) is 9.75. The van der Waals surface area contributed by atoms with Gasteiger partial charge in [0.15, 0.2) is 18.3 Å². The molecule has 1 aliphatic heterocycles. The largest absolute Gasteiger partial charge is 0.455 e. The van der Waals surface area contributed by atoms with Crippen molar-refractivity contribution in [3.8, 4) is 0 Å². The number of nitrogens with one attached hydrogen (secondary N) is 2. The number of carbonyl (C=O) groups excluding carboxylic acids is 7. The highest BCUT2D eigenvalue weighted by molar-refractivity contribution is 5.89. The van der Waals surface area contributed by atoms with Gasteiger partial charge >= 0.3 is 41.9 Å². The van der Waals surface area contributed by atoms with Gasteiger partial charge in [-0.1, -0.05) is 62.4 Å².